The molecule has 3 heterocycles. The highest BCUT2D eigenvalue weighted by Gasteiger charge is 2.30. The van der Waals surface area contributed by atoms with Crippen LogP contribution in [0, 0.1) is 11.3 Å². The molecule has 1 aliphatic heterocycles. The zero-order valence-electron chi connectivity index (χ0n) is 16.9. The average Bonchev–Trinajstić information content (AvgIpc) is 3.48. The standard InChI is InChI=1S/C21H21N5O4S/c1-29-18-7-6-16(11-19(18)31(27,28)26-9-2-3-10-26)20-25-17(12-22)21(30-20)24-14-15-5-4-8-23-13-15/h4-8,11,13,24H,2-3,9-10,14H2,1H3. The van der Waals surface area contributed by atoms with Crippen molar-refractivity contribution in [3.63, 3.8) is 0 Å². The zero-order chi connectivity index (χ0) is 21.8. The van der Waals surface area contributed by atoms with Crippen LogP contribution in [0.15, 0.2) is 52.0 Å². The van der Waals surface area contributed by atoms with Crippen molar-refractivity contribution < 1.29 is 17.6 Å². The number of nitrogens with one attached hydrogen (secondary N) is 1. The van der Waals surface area contributed by atoms with Gasteiger partial charge in [0.05, 0.1) is 7.11 Å². The van der Waals surface area contributed by atoms with Gasteiger partial charge in [-0.15, -0.1) is 0 Å². The molecule has 31 heavy (non-hydrogen) atoms. The fraction of sp³-hybridized carbons (Fsp3) is 0.286. The van der Waals surface area contributed by atoms with E-state index in [4.69, 9.17) is 9.15 Å². The number of rotatable bonds is 7. The summed E-state index contributed by atoms with van der Waals surface area (Å²) < 4.78 is 38.7. The number of benzene rings is 1. The fourth-order valence-electron chi connectivity index (χ4n) is 3.40. The van der Waals surface area contributed by atoms with Gasteiger partial charge in [-0.2, -0.15) is 14.6 Å². The minimum Gasteiger partial charge on any atom is -0.495 e. The lowest BCUT2D eigenvalue weighted by molar-refractivity contribution is 0.398. The van der Waals surface area contributed by atoms with Gasteiger partial charge in [0.1, 0.15) is 16.7 Å². The summed E-state index contributed by atoms with van der Waals surface area (Å²) in [7, 11) is -2.29. The molecule has 0 saturated carbocycles. The molecule has 9 nitrogen and oxygen atoms in total. The summed E-state index contributed by atoms with van der Waals surface area (Å²) >= 11 is 0. The van der Waals surface area contributed by atoms with Crippen molar-refractivity contribution in [3.05, 3.63) is 54.0 Å². The van der Waals surface area contributed by atoms with Gasteiger partial charge in [-0.3, -0.25) is 4.98 Å². The van der Waals surface area contributed by atoms with Crippen LogP contribution in [0.5, 0.6) is 5.75 Å². The number of ether oxygens (including phenoxy) is 1. The number of hydrogen-bond acceptors (Lipinski definition) is 8. The Morgan fingerprint density at radius 1 is 1.29 bits per heavy atom. The van der Waals surface area contributed by atoms with Crippen molar-refractivity contribution in [3.8, 4) is 23.3 Å². The molecular formula is C21H21N5O4S. The summed E-state index contributed by atoms with van der Waals surface area (Å²) in [6, 6.07) is 10.4. The summed E-state index contributed by atoms with van der Waals surface area (Å²) in [5.41, 5.74) is 1.43. The van der Waals surface area contributed by atoms with Gasteiger partial charge in [0.2, 0.25) is 27.5 Å². The van der Waals surface area contributed by atoms with Crippen molar-refractivity contribution in [2.75, 3.05) is 25.5 Å². The van der Waals surface area contributed by atoms with Crippen LogP contribution in [-0.4, -0.2) is 42.9 Å². The van der Waals surface area contributed by atoms with Gasteiger partial charge in [-0.25, -0.2) is 8.42 Å². The predicted octanol–water partition coefficient (Wildman–Crippen LogP) is 3.01. The van der Waals surface area contributed by atoms with E-state index in [1.165, 1.54) is 17.5 Å². The zero-order valence-corrected chi connectivity index (χ0v) is 17.7. The molecule has 3 aromatic rings. The molecule has 0 atom stereocenters. The number of sulfonamides is 1. The quantitative estimate of drug-likeness (QED) is 0.596. The molecule has 1 aliphatic rings. The third kappa shape index (κ3) is 4.23. The Bertz CT molecular complexity index is 1210. The van der Waals surface area contributed by atoms with Crippen LogP contribution in [0.1, 0.15) is 24.1 Å². The first-order valence-electron chi connectivity index (χ1n) is 9.75. The lowest BCUT2D eigenvalue weighted by atomic mass is 10.2. The number of methoxy groups -OCH3 is 1. The van der Waals surface area contributed by atoms with Gasteiger partial charge in [-0.1, -0.05) is 6.07 Å². The molecule has 10 heteroatoms. The van der Waals surface area contributed by atoms with Crippen LogP contribution >= 0.6 is 0 Å². The van der Waals surface area contributed by atoms with E-state index in [2.05, 4.69) is 15.3 Å². The minimum absolute atomic E-state index is 0.0518. The molecule has 1 fully saturated rings. The summed E-state index contributed by atoms with van der Waals surface area (Å²) in [5, 5.41) is 12.5. The second-order valence-electron chi connectivity index (χ2n) is 7.00. The van der Waals surface area contributed by atoms with E-state index in [1.807, 2.05) is 18.2 Å². The third-order valence-corrected chi connectivity index (χ3v) is 6.92. The molecule has 1 saturated heterocycles. The first kappa shape index (κ1) is 20.8. The average molecular weight is 439 g/mol. The van der Waals surface area contributed by atoms with Crippen molar-refractivity contribution in [1.82, 2.24) is 14.3 Å². The third-order valence-electron chi connectivity index (χ3n) is 5.00. The van der Waals surface area contributed by atoms with Crippen molar-refractivity contribution in [1.29, 1.82) is 5.26 Å². The van der Waals surface area contributed by atoms with Crippen molar-refractivity contribution in [2.45, 2.75) is 24.3 Å². The maximum absolute atomic E-state index is 13.1. The Morgan fingerprint density at radius 2 is 2.10 bits per heavy atom. The SMILES string of the molecule is COc1ccc(-c2nc(C#N)c(NCc3cccnc3)o2)cc1S(=O)(=O)N1CCCC1. The summed E-state index contributed by atoms with van der Waals surface area (Å²) in [6.07, 6.45) is 5.04. The van der Waals surface area contributed by atoms with E-state index < -0.39 is 10.0 Å². The maximum Gasteiger partial charge on any atom is 0.246 e. The summed E-state index contributed by atoms with van der Waals surface area (Å²) in [4.78, 5) is 8.33. The molecule has 1 aromatic carbocycles. The fourth-order valence-corrected chi connectivity index (χ4v) is 5.10. The predicted molar refractivity (Wildman–Crippen MR) is 113 cm³/mol. The Labute approximate surface area is 180 Å². The minimum atomic E-state index is -3.72. The molecule has 1 N–H and O–H groups in total. The van der Waals surface area contributed by atoms with Gasteiger partial charge in [-0.05, 0) is 42.7 Å². The molecule has 0 aliphatic carbocycles. The van der Waals surface area contributed by atoms with Crippen LogP contribution in [-0.2, 0) is 16.6 Å². The highest BCUT2D eigenvalue weighted by molar-refractivity contribution is 7.89. The molecular weight excluding hydrogens is 418 g/mol. The van der Waals surface area contributed by atoms with Crippen LogP contribution in [0.2, 0.25) is 0 Å². The largest absolute Gasteiger partial charge is 0.495 e. The first-order valence-corrected chi connectivity index (χ1v) is 11.2. The van der Waals surface area contributed by atoms with Crippen LogP contribution in [0.25, 0.3) is 11.5 Å². The Kier molecular flexibility index (Phi) is 5.88. The van der Waals surface area contributed by atoms with Gasteiger partial charge in [0.25, 0.3) is 0 Å². The van der Waals surface area contributed by atoms with Crippen molar-refractivity contribution in [2.24, 2.45) is 0 Å². The van der Waals surface area contributed by atoms with Gasteiger partial charge in [0, 0.05) is 37.6 Å². The van der Waals surface area contributed by atoms with Gasteiger partial charge < -0.3 is 14.5 Å². The van der Waals surface area contributed by atoms with E-state index in [0.29, 0.717) is 25.2 Å². The van der Waals surface area contributed by atoms with Crippen LogP contribution < -0.4 is 10.1 Å². The Hall–Kier alpha value is -3.42. The van der Waals surface area contributed by atoms with Gasteiger partial charge in [0.15, 0.2) is 0 Å². The number of anilines is 1. The molecule has 2 aromatic heterocycles. The van der Waals surface area contributed by atoms with E-state index in [0.717, 1.165) is 18.4 Å². The number of oxazole rings is 1. The number of nitrogens with zero attached hydrogens (tertiary/aromatic N) is 4. The molecule has 0 spiro atoms. The number of nitriles is 1. The lowest BCUT2D eigenvalue weighted by Crippen LogP contribution is -2.28. The number of pyridine rings is 1. The topological polar surface area (TPSA) is 121 Å². The van der Waals surface area contributed by atoms with E-state index in [9.17, 15) is 13.7 Å². The summed E-state index contributed by atoms with van der Waals surface area (Å²) in [5.74, 6) is 0.601. The van der Waals surface area contributed by atoms with Gasteiger partial charge >= 0.3 is 0 Å². The normalized spacial score (nSPS) is 14.3. The first-order chi connectivity index (χ1) is 15.0. The molecule has 0 bridgehead atoms. The highest BCUT2D eigenvalue weighted by Crippen LogP contribution is 2.34. The lowest BCUT2D eigenvalue weighted by Gasteiger charge is -2.18. The molecule has 4 rings (SSSR count). The summed E-state index contributed by atoms with van der Waals surface area (Å²) in [6.45, 7) is 1.36. The molecule has 0 radical (unpaired) electrons. The smallest absolute Gasteiger partial charge is 0.246 e. The second kappa shape index (κ2) is 8.75. The van der Waals surface area contributed by atoms with Crippen LogP contribution in [0.3, 0.4) is 0 Å². The maximum atomic E-state index is 13.1. The molecule has 0 amide bonds. The number of aromatic nitrogens is 2. The number of hydrogen-bond donors (Lipinski definition) is 1. The molecule has 0 unspecified atom stereocenters. The van der Waals surface area contributed by atoms with E-state index >= 15 is 0 Å². The van der Waals surface area contributed by atoms with Crippen LogP contribution in [0.4, 0.5) is 5.88 Å². The van der Waals surface area contributed by atoms with E-state index in [1.54, 1.807) is 24.5 Å². The highest BCUT2D eigenvalue weighted by atomic mass is 32.2. The monoisotopic (exact) mass is 439 g/mol. The molecule has 160 valence electrons. The second-order valence-corrected chi connectivity index (χ2v) is 8.91. The Balaban J connectivity index is 1.66. The Morgan fingerprint density at radius 3 is 2.77 bits per heavy atom. The van der Waals surface area contributed by atoms with Crippen molar-refractivity contribution >= 4 is 15.9 Å². The van der Waals surface area contributed by atoms with E-state index in [-0.39, 0.29) is 28.1 Å².